The zero-order valence-corrected chi connectivity index (χ0v) is 13.5. The van der Waals surface area contributed by atoms with E-state index in [-0.39, 0.29) is 5.91 Å². The SMILES string of the molecule is Cn1ncc2ccc(NC(=O)C(C)(C)c3ccc(N)cc3)cc21. The summed E-state index contributed by atoms with van der Waals surface area (Å²) in [7, 11) is 1.88. The maximum absolute atomic E-state index is 12.7. The smallest absolute Gasteiger partial charge is 0.234 e. The lowest BCUT2D eigenvalue weighted by Crippen LogP contribution is -2.34. The van der Waals surface area contributed by atoms with E-state index in [1.165, 1.54) is 0 Å². The molecule has 0 bridgehead atoms. The molecule has 0 spiro atoms. The van der Waals surface area contributed by atoms with Crippen LogP contribution >= 0.6 is 0 Å². The van der Waals surface area contributed by atoms with Crippen molar-refractivity contribution in [1.29, 1.82) is 0 Å². The van der Waals surface area contributed by atoms with Gasteiger partial charge in [0.25, 0.3) is 0 Å². The number of aromatic nitrogens is 2. The van der Waals surface area contributed by atoms with Crippen molar-refractivity contribution in [2.24, 2.45) is 7.05 Å². The summed E-state index contributed by atoms with van der Waals surface area (Å²) >= 11 is 0. The predicted molar refractivity (Wildman–Crippen MR) is 93.2 cm³/mol. The van der Waals surface area contributed by atoms with E-state index in [1.807, 2.05) is 63.4 Å². The van der Waals surface area contributed by atoms with Crippen molar-refractivity contribution in [2.75, 3.05) is 11.1 Å². The van der Waals surface area contributed by atoms with E-state index in [0.717, 1.165) is 22.2 Å². The molecule has 0 unspecified atom stereocenters. The quantitative estimate of drug-likeness (QED) is 0.730. The summed E-state index contributed by atoms with van der Waals surface area (Å²) in [5.74, 6) is -0.0659. The lowest BCUT2D eigenvalue weighted by atomic mass is 9.83. The standard InChI is InChI=1S/C18H20N4O/c1-18(2,13-5-7-14(19)8-6-13)17(23)21-15-9-4-12-11-20-22(3)16(12)10-15/h4-11H,19H2,1-3H3,(H,21,23). The van der Waals surface area contributed by atoms with Gasteiger partial charge in [-0.3, -0.25) is 9.48 Å². The fourth-order valence-corrected chi connectivity index (χ4v) is 2.54. The number of aryl methyl sites for hydroxylation is 1. The Morgan fingerprint density at radius 1 is 1.17 bits per heavy atom. The first kappa shape index (κ1) is 15.1. The number of fused-ring (bicyclic) bond motifs is 1. The zero-order valence-electron chi connectivity index (χ0n) is 13.5. The minimum atomic E-state index is -0.658. The third kappa shape index (κ3) is 2.77. The van der Waals surface area contributed by atoms with Gasteiger partial charge in [-0.15, -0.1) is 0 Å². The van der Waals surface area contributed by atoms with Gasteiger partial charge in [-0.25, -0.2) is 0 Å². The Morgan fingerprint density at radius 2 is 1.87 bits per heavy atom. The van der Waals surface area contributed by atoms with Gasteiger partial charge in [0, 0.05) is 23.8 Å². The summed E-state index contributed by atoms with van der Waals surface area (Å²) in [6, 6.07) is 13.2. The highest BCUT2D eigenvalue weighted by Gasteiger charge is 2.29. The summed E-state index contributed by atoms with van der Waals surface area (Å²) in [5.41, 5.74) is 8.41. The van der Waals surface area contributed by atoms with Gasteiger partial charge in [0.15, 0.2) is 0 Å². The van der Waals surface area contributed by atoms with Crippen molar-refractivity contribution in [1.82, 2.24) is 9.78 Å². The monoisotopic (exact) mass is 308 g/mol. The number of hydrogen-bond acceptors (Lipinski definition) is 3. The molecule has 2 aromatic carbocycles. The van der Waals surface area contributed by atoms with Crippen molar-refractivity contribution < 1.29 is 4.79 Å². The van der Waals surface area contributed by atoms with E-state index in [1.54, 1.807) is 10.9 Å². The Bertz CT molecular complexity index is 862. The molecule has 5 heteroatoms. The van der Waals surface area contributed by atoms with Crippen LogP contribution in [0.1, 0.15) is 19.4 Å². The second-order valence-electron chi connectivity index (χ2n) is 6.24. The number of anilines is 2. The molecule has 1 aromatic heterocycles. The van der Waals surface area contributed by atoms with Crippen LogP contribution in [0.5, 0.6) is 0 Å². The largest absolute Gasteiger partial charge is 0.399 e. The second-order valence-corrected chi connectivity index (χ2v) is 6.24. The van der Waals surface area contributed by atoms with Crippen LogP contribution in [0, 0.1) is 0 Å². The molecule has 3 N–H and O–H groups in total. The van der Waals surface area contributed by atoms with Crippen molar-refractivity contribution >= 4 is 28.2 Å². The Balaban J connectivity index is 1.86. The van der Waals surface area contributed by atoms with Crippen LogP contribution in [-0.4, -0.2) is 15.7 Å². The van der Waals surface area contributed by atoms with Crippen LogP contribution in [0.2, 0.25) is 0 Å². The number of hydrogen-bond donors (Lipinski definition) is 2. The van der Waals surface area contributed by atoms with Crippen molar-refractivity contribution in [3.8, 4) is 0 Å². The normalized spacial score (nSPS) is 11.6. The zero-order chi connectivity index (χ0) is 16.6. The number of amides is 1. The van der Waals surface area contributed by atoms with E-state index in [0.29, 0.717) is 5.69 Å². The van der Waals surface area contributed by atoms with E-state index < -0.39 is 5.41 Å². The van der Waals surface area contributed by atoms with Crippen molar-refractivity contribution in [2.45, 2.75) is 19.3 Å². The maximum Gasteiger partial charge on any atom is 0.234 e. The Morgan fingerprint density at radius 3 is 2.57 bits per heavy atom. The molecule has 0 fully saturated rings. The molecule has 0 aliphatic rings. The van der Waals surface area contributed by atoms with E-state index in [9.17, 15) is 4.79 Å². The molecule has 0 saturated carbocycles. The lowest BCUT2D eigenvalue weighted by molar-refractivity contribution is -0.120. The molecule has 0 aliphatic heterocycles. The molecule has 5 nitrogen and oxygen atoms in total. The number of nitrogens with zero attached hydrogens (tertiary/aromatic N) is 2. The number of rotatable bonds is 3. The first-order valence-corrected chi connectivity index (χ1v) is 7.47. The highest BCUT2D eigenvalue weighted by atomic mass is 16.2. The average Bonchev–Trinajstić information content (AvgIpc) is 2.89. The van der Waals surface area contributed by atoms with Gasteiger partial charge in [-0.1, -0.05) is 12.1 Å². The summed E-state index contributed by atoms with van der Waals surface area (Å²) < 4.78 is 1.79. The minimum Gasteiger partial charge on any atom is -0.399 e. The van der Waals surface area contributed by atoms with Crippen LogP contribution in [0.25, 0.3) is 10.9 Å². The molecule has 118 valence electrons. The minimum absolute atomic E-state index is 0.0659. The molecular formula is C18H20N4O. The average molecular weight is 308 g/mol. The molecule has 0 atom stereocenters. The van der Waals surface area contributed by atoms with E-state index >= 15 is 0 Å². The van der Waals surface area contributed by atoms with E-state index in [4.69, 9.17) is 5.73 Å². The van der Waals surface area contributed by atoms with Crippen LogP contribution in [0.3, 0.4) is 0 Å². The van der Waals surface area contributed by atoms with Crippen molar-refractivity contribution in [3.63, 3.8) is 0 Å². The molecule has 23 heavy (non-hydrogen) atoms. The second kappa shape index (κ2) is 5.43. The van der Waals surface area contributed by atoms with Gasteiger partial charge in [0.1, 0.15) is 0 Å². The van der Waals surface area contributed by atoms with Crippen LogP contribution in [0.15, 0.2) is 48.7 Å². The summed E-state index contributed by atoms with van der Waals surface area (Å²) in [6.45, 7) is 3.80. The number of nitrogens with one attached hydrogen (secondary N) is 1. The molecule has 0 aliphatic carbocycles. The number of carbonyl (C=O) groups excluding carboxylic acids is 1. The lowest BCUT2D eigenvalue weighted by Gasteiger charge is -2.24. The summed E-state index contributed by atoms with van der Waals surface area (Å²) in [5, 5.41) is 8.25. The molecular weight excluding hydrogens is 288 g/mol. The molecule has 1 heterocycles. The van der Waals surface area contributed by atoms with E-state index in [2.05, 4.69) is 10.4 Å². The summed E-state index contributed by atoms with van der Waals surface area (Å²) in [6.07, 6.45) is 1.80. The van der Waals surface area contributed by atoms with Gasteiger partial charge in [-0.05, 0) is 49.7 Å². The number of carbonyl (C=O) groups is 1. The Labute approximate surface area is 135 Å². The van der Waals surface area contributed by atoms with Gasteiger partial charge in [0.2, 0.25) is 5.91 Å². The maximum atomic E-state index is 12.7. The van der Waals surface area contributed by atoms with Gasteiger partial charge in [0.05, 0.1) is 17.1 Å². The first-order valence-electron chi connectivity index (χ1n) is 7.47. The van der Waals surface area contributed by atoms with Crippen LogP contribution in [0.4, 0.5) is 11.4 Å². The van der Waals surface area contributed by atoms with Gasteiger partial charge in [-0.2, -0.15) is 5.10 Å². The predicted octanol–water partition coefficient (Wildman–Crippen LogP) is 3.07. The highest BCUT2D eigenvalue weighted by molar-refractivity contribution is 5.99. The first-order chi connectivity index (χ1) is 10.9. The topological polar surface area (TPSA) is 72.9 Å². The molecule has 0 saturated heterocycles. The number of nitrogen functional groups attached to an aromatic ring is 1. The molecule has 3 aromatic rings. The molecule has 1 amide bonds. The van der Waals surface area contributed by atoms with Gasteiger partial charge >= 0.3 is 0 Å². The third-order valence-electron chi connectivity index (χ3n) is 4.21. The molecule has 3 rings (SSSR count). The third-order valence-corrected chi connectivity index (χ3v) is 4.21. The Hall–Kier alpha value is -2.82. The number of benzene rings is 2. The van der Waals surface area contributed by atoms with Gasteiger partial charge < -0.3 is 11.1 Å². The van der Waals surface area contributed by atoms with Crippen molar-refractivity contribution in [3.05, 3.63) is 54.2 Å². The highest BCUT2D eigenvalue weighted by Crippen LogP contribution is 2.27. The molecule has 0 radical (unpaired) electrons. The number of nitrogens with two attached hydrogens (primary N) is 1. The van der Waals surface area contributed by atoms with Crippen LogP contribution < -0.4 is 11.1 Å². The fraction of sp³-hybridized carbons (Fsp3) is 0.222. The summed E-state index contributed by atoms with van der Waals surface area (Å²) in [4.78, 5) is 12.7. The van der Waals surface area contributed by atoms with Crippen LogP contribution in [-0.2, 0) is 17.3 Å². The Kier molecular flexibility index (Phi) is 3.56. The fourth-order valence-electron chi connectivity index (χ4n) is 2.54.